The lowest BCUT2D eigenvalue weighted by molar-refractivity contribution is -0.384. The van der Waals surface area contributed by atoms with E-state index in [9.17, 15) is 29.3 Å². The molecule has 0 saturated carbocycles. The Labute approximate surface area is 148 Å². The van der Waals surface area contributed by atoms with Crippen LogP contribution in [0.4, 0.5) is 5.69 Å². The molecule has 1 N–H and O–H groups in total. The number of esters is 1. The van der Waals surface area contributed by atoms with Gasteiger partial charge in [-0.15, -0.1) is 0 Å². The van der Waals surface area contributed by atoms with Crippen molar-refractivity contribution in [2.24, 2.45) is 0 Å². The van der Waals surface area contributed by atoms with Crippen LogP contribution in [0.5, 0.6) is 0 Å². The number of nitro benzene ring substituents is 1. The minimum atomic E-state index is -0.754. The van der Waals surface area contributed by atoms with Gasteiger partial charge in [0.25, 0.3) is 17.5 Å². The molecular weight excluding hydrogens is 346 g/mol. The van der Waals surface area contributed by atoms with Gasteiger partial charge in [-0.25, -0.2) is 0 Å². The number of amides is 3. The molecule has 0 saturated heterocycles. The van der Waals surface area contributed by atoms with Crippen LogP contribution in [-0.2, 0) is 14.3 Å². The molecular formula is C16H17N3O7. The molecule has 1 aliphatic rings. The first-order valence-electron chi connectivity index (χ1n) is 7.92. The molecule has 0 atom stereocenters. The molecule has 10 heteroatoms. The van der Waals surface area contributed by atoms with Crippen molar-refractivity contribution < 1.29 is 28.8 Å². The molecule has 2 rings (SSSR count). The van der Waals surface area contributed by atoms with E-state index in [4.69, 9.17) is 4.74 Å². The summed E-state index contributed by atoms with van der Waals surface area (Å²) >= 11 is 0. The van der Waals surface area contributed by atoms with E-state index in [1.165, 1.54) is 6.07 Å². The lowest BCUT2D eigenvalue weighted by atomic mass is 10.1. The molecule has 26 heavy (non-hydrogen) atoms. The molecule has 1 heterocycles. The van der Waals surface area contributed by atoms with Crippen molar-refractivity contribution in [1.82, 2.24) is 10.2 Å². The van der Waals surface area contributed by atoms with E-state index >= 15 is 0 Å². The second kappa shape index (κ2) is 8.19. The summed E-state index contributed by atoms with van der Waals surface area (Å²) in [6, 6.07) is 3.35. The van der Waals surface area contributed by atoms with E-state index in [1.54, 1.807) is 6.92 Å². The summed E-state index contributed by atoms with van der Waals surface area (Å²) in [6.45, 7) is 1.66. The molecule has 3 amide bonds. The van der Waals surface area contributed by atoms with Crippen LogP contribution < -0.4 is 5.32 Å². The number of hydrogen-bond donors (Lipinski definition) is 1. The molecule has 0 aromatic heterocycles. The predicted molar refractivity (Wildman–Crippen MR) is 87.3 cm³/mol. The molecule has 10 nitrogen and oxygen atoms in total. The van der Waals surface area contributed by atoms with Crippen LogP contribution in [-0.4, -0.2) is 53.2 Å². The van der Waals surface area contributed by atoms with Gasteiger partial charge in [0.05, 0.1) is 22.7 Å². The Kier molecular flexibility index (Phi) is 5.99. The second-order valence-electron chi connectivity index (χ2n) is 5.44. The Hall–Kier alpha value is -3.30. The average molecular weight is 363 g/mol. The van der Waals surface area contributed by atoms with E-state index in [-0.39, 0.29) is 42.4 Å². The first kappa shape index (κ1) is 19.0. The first-order chi connectivity index (χ1) is 12.3. The lowest BCUT2D eigenvalue weighted by Crippen LogP contribution is -2.40. The highest BCUT2D eigenvalue weighted by atomic mass is 16.6. The number of ether oxygens (including phenoxy) is 1. The number of benzene rings is 1. The standard InChI is InChI=1S/C16H17N3O7/c1-2-26-14(21)4-3-7-17-13(20)9-18-15(22)11-6-5-10(19(24)25)8-12(11)16(18)23/h5-6,8H,2-4,7,9H2,1H3,(H,17,20). The molecule has 1 aromatic rings. The van der Waals surface area contributed by atoms with Crippen molar-refractivity contribution in [3.8, 4) is 0 Å². The van der Waals surface area contributed by atoms with Crippen LogP contribution in [0.2, 0.25) is 0 Å². The molecule has 0 radical (unpaired) electrons. The smallest absolute Gasteiger partial charge is 0.305 e. The molecule has 0 bridgehead atoms. The third-order valence-electron chi connectivity index (χ3n) is 3.65. The number of nitrogens with one attached hydrogen (secondary N) is 1. The van der Waals surface area contributed by atoms with E-state index in [0.29, 0.717) is 6.42 Å². The highest BCUT2D eigenvalue weighted by Gasteiger charge is 2.37. The fourth-order valence-electron chi connectivity index (χ4n) is 2.43. The molecule has 0 spiro atoms. The summed E-state index contributed by atoms with van der Waals surface area (Å²) in [6.07, 6.45) is 0.504. The van der Waals surface area contributed by atoms with E-state index in [2.05, 4.69) is 5.32 Å². The molecule has 0 unspecified atom stereocenters. The van der Waals surface area contributed by atoms with Crippen molar-refractivity contribution in [3.63, 3.8) is 0 Å². The SMILES string of the molecule is CCOC(=O)CCCNC(=O)CN1C(=O)c2ccc([N+](=O)[O-])cc2C1=O. The van der Waals surface area contributed by atoms with Gasteiger partial charge in [-0.3, -0.25) is 34.2 Å². The van der Waals surface area contributed by atoms with E-state index < -0.39 is 29.2 Å². The van der Waals surface area contributed by atoms with Gasteiger partial charge in [-0.1, -0.05) is 0 Å². The summed E-state index contributed by atoms with van der Waals surface area (Å²) in [5, 5.41) is 13.3. The van der Waals surface area contributed by atoms with Crippen LogP contribution in [0, 0.1) is 10.1 Å². The van der Waals surface area contributed by atoms with Gasteiger partial charge in [0.15, 0.2) is 0 Å². The monoisotopic (exact) mass is 363 g/mol. The zero-order valence-corrected chi connectivity index (χ0v) is 14.0. The third kappa shape index (κ3) is 4.21. The van der Waals surface area contributed by atoms with Gasteiger partial charge in [-0.2, -0.15) is 0 Å². The Morgan fingerprint density at radius 3 is 2.58 bits per heavy atom. The number of nitrogens with zero attached hydrogens (tertiary/aromatic N) is 2. The van der Waals surface area contributed by atoms with Crippen molar-refractivity contribution in [1.29, 1.82) is 0 Å². The number of carbonyl (C=O) groups is 4. The topological polar surface area (TPSA) is 136 Å². The fourth-order valence-corrected chi connectivity index (χ4v) is 2.43. The van der Waals surface area contributed by atoms with Crippen molar-refractivity contribution in [2.75, 3.05) is 19.7 Å². The Morgan fingerprint density at radius 2 is 1.92 bits per heavy atom. The van der Waals surface area contributed by atoms with Crippen molar-refractivity contribution in [3.05, 3.63) is 39.4 Å². The first-order valence-corrected chi connectivity index (χ1v) is 7.92. The van der Waals surface area contributed by atoms with Gasteiger partial charge in [0.2, 0.25) is 5.91 Å². The fraction of sp³-hybridized carbons (Fsp3) is 0.375. The van der Waals surface area contributed by atoms with Gasteiger partial charge < -0.3 is 10.1 Å². The van der Waals surface area contributed by atoms with E-state index in [0.717, 1.165) is 17.0 Å². The van der Waals surface area contributed by atoms with Gasteiger partial charge >= 0.3 is 5.97 Å². The minimum Gasteiger partial charge on any atom is -0.466 e. The Bertz CT molecular complexity index is 775. The maximum absolute atomic E-state index is 12.2. The Morgan fingerprint density at radius 1 is 1.23 bits per heavy atom. The second-order valence-corrected chi connectivity index (χ2v) is 5.44. The highest BCUT2D eigenvalue weighted by Crippen LogP contribution is 2.26. The zero-order valence-electron chi connectivity index (χ0n) is 14.0. The zero-order chi connectivity index (χ0) is 19.3. The minimum absolute atomic E-state index is 0.0238. The number of hydrogen-bond acceptors (Lipinski definition) is 7. The quantitative estimate of drug-likeness (QED) is 0.235. The summed E-state index contributed by atoms with van der Waals surface area (Å²) < 4.78 is 4.75. The largest absolute Gasteiger partial charge is 0.466 e. The maximum atomic E-state index is 12.2. The molecule has 0 fully saturated rings. The maximum Gasteiger partial charge on any atom is 0.305 e. The summed E-state index contributed by atoms with van der Waals surface area (Å²) in [7, 11) is 0. The number of nitro groups is 1. The van der Waals surface area contributed by atoms with Crippen molar-refractivity contribution in [2.45, 2.75) is 19.8 Å². The number of fused-ring (bicyclic) bond motifs is 1. The Balaban J connectivity index is 1.91. The summed E-state index contributed by atoms with van der Waals surface area (Å²) in [4.78, 5) is 58.4. The van der Waals surface area contributed by atoms with Crippen LogP contribution >= 0.6 is 0 Å². The summed E-state index contributed by atoms with van der Waals surface area (Å²) in [5.41, 5.74) is -0.384. The molecule has 0 aliphatic carbocycles. The number of non-ortho nitro benzene ring substituents is 1. The number of rotatable bonds is 8. The summed E-state index contributed by atoms with van der Waals surface area (Å²) in [5.74, 6) is -2.38. The van der Waals surface area contributed by atoms with Crippen LogP contribution in [0.1, 0.15) is 40.5 Å². The average Bonchev–Trinajstić information content (AvgIpc) is 2.83. The van der Waals surface area contributed by atoms with E-state index in [1.807, 2.05) is 0 Å². The van der Waals surface area contributed by atoms with Gasteiger partial charge in [0, 0.05) is 25.1 Å². The third-order valence-corrected chi connectivity index (χ3v) is 3.65. The van der Waals surface area contributed by atoms with Gasteiger partial charge in [-0.05, 0) is 19.4 Å². The molecule has 1 aromatic carbocycles. The molecule has 138 valence electrons. The predicted octanol–water partition coefficient (Wildman–Crippen LogP) is 0.650. The normalized spacial score (nSPS) is 12.7. The number of carbonyl (C=O) groups excluding carboxylic acids is 4. The van der Waals surface area contributed by atoms with Crippen LogP contribution in [0.25, 0.3) is 0 Å². The van der Waals surface area contributed by atoms with Crippen molar-refractivity contribution >= 4 is 29.4 Å². The number of imide groups is 1. The lowest BCUT2D eigenvalue weighted by Gasteiger charge is -2.13. The van der Waals surface area contributed by atoms with Crippen LogP contribution in [0.3, 0.4) is 0 Å². The van der Waals surface area contributed by atoms with Gasteiger partial charge in [0.1, 0.15) is 6.54 Å². The highest BCUT2D eigenvalue weighted by molar-refractivity contribution is 6.22. The molecule has 1 aliphatic heterocycles. The van der Waals surface area contributed by atoms with Crippen LogP contribution in [0.15, 0.2) is 18.2 Å².